The first-order valence-corrected chi connectivity index (χ1v) is 11.9. The maximum Gasteiger partial charge on any atom is 0.527 e. The number of phosphoric ester groups is 1. The molecular weight excluding hydrogens is 397 g/mol. The summed E-state index contributed by atoms with van der Waals surface area (Å²) in [5.41, 5.74) is 5.64. The van der Waals surface area contributed by atoms with Crippen LogP contribution in [0.4, 0.5) is 0 Å². The van der Waals surface area contributed by atoms with Crippen molar-refractivity contribution in [3.63, 3.8) is 0 Å². The lowest BCUT2D eigenvalue weighted by molar-refractivity contribution is -0.0443. The van der Waals surface area contributed by atoms with E-state index < -0.39 is 25.6 Å². The number of ether oxygens (including phenoxy) is 3. The van der Waals surface area contributed by atoms with Gasteiger partial charge < -0.3 is 24.5 Å². The molecular formula is C20H38NO7P. The number of hydrogen-bond donors (Lipinski definition) is 2. The van der Waals surface area contributed by atoms with Crippen molar-refractivity contribution in [3.05, 3.63) is 12.3 Å². The van der Waals surface area contributed by atoms with Crippen molar-refractivity contribution in [1.29, 1.82) is 0 Å². The average Bonchev–Trinajstić information content (AvgIpc) is 3.03. The minimum atomic E-state index is -4.46. The van der Waals surface area contributed by atoms with Crippen LogP contribution in [0.5, 0.6) is 0 Å². The standard InChI is InChI=1S/C20H38NO7P/c1-12(2)24-11-20(21)10-14(5)8-18(20)28-29(22,23)27-16(7)19-17(25-13(3)4)9-15(6)26-19/h12-15,17-19H,7-11,21H2,1-6H3,(H,22,23)/t14-,15-,17?,18?,19+,20-/m0/s1. The van der Waals surface area contributed by atoms with Gasteiger partial charge in [-0.2, -0.15) is 0 Å². The third-order valence-corrected chi connectivity index (χ3v) is 6.20. The van der Waals surface area contributed by atoms with E-state index >= 15 is 0 Å². The maximum atomic E-state index is 12.7. The van der Waals surface area contributed by atoms with E-state index in [1.54, 1.807) is 0 Å². The minimum Gasteiger partial charge on any atom is -0.406 e. The second kappa shape index (κ2) is 9.77. The molecule has 1 aliphatic carbocycles. The number of phosphoric acid groups is 1. The van der Waals surface area contributed by atoms with Gasteiger partial charge in [0, 0.05) is 6.42 Å². The fourth-order valence-electron chi connectivity index (χ4n) is 4.07. The van der Waals surface area contributed by atoms with Crippen LogP contribution in [0.3, 0.4) is 0 Å². The first kappa shape index (κ1) is 24.8. The molecule has 0 bridgehead atoms. The van der Waals surface area contributed by atoms with Crippen LogP contribution in [-0.4, -0.2) is 53.7 Å². The summed E-state index contributed by atoms with van der Waals surface area (Å²) in [4.78, 5) is 10.4. The van der Waals surface area contributed by atoms with Crippen molar-refractivity contribution in [2.75, 3.05) is 6.61 Å². The molecule has 29 heavy (non-hydrogen) atoms. The van der Waals surface area contributed by atoms with Crippen LogP contribution in [0.25, 0.3) is 0 Å². The quantitative estimate of drug-likeness (QED) is 0.396. The van der Waals surface area contributed by atoms with Crippen molar-refractivity contribution in [1.82, 2.24) is 0 Å². The molecule has 9 heteroatoms. The van der Waals surface area contributed by atoms with Gasteiger partial charge in [-0.25, -0.2) is 4.57 Å². The number of nitrogens with two attached hydrogens (primary N) is 1. The Hall–Kier alpha value is -0.470. The van der Waals surface area contributed by atoms with E-state index in [0.717, 1.165) is 0 Å². The fraction of sp³-hybridized carbons (Fsp3) is 0.900. The molecule has 1 saturated heterocycles. The summed E-state index contributed by atoms with van der Waals surface area (Å²) >= 11 is 0. The van der Waals surface area contributed by atoms with Gasteiger partial charge in [0.05, 0.1) is 42.7 Å². The van der Waals surface area contributed by atoms with Gasteiger partial charge >= 0.3 is 7.82 Å². The highest BCUT2D eigenvalue weighted by molar-refractivity contribution is 7.47. The molecule has 0 spiro atoms. The summed E-state index contributed by atoms with van der Waals surface area (Å²) in [5.74, 6) is 0.268. The third-order valence-electron chi connectivity index (χ3n) is 5.21. The Morgan fingerprint density at radius 3 is 2.52 bits per heavy atom. The number of rotatable bonds is 10. The summed E-state index contributed by atoms with van der Waals surface area (Å²) in [6, 6.07) is 0. The van der Waals surface area contributed by atoms with Crippen molar-refractivity contribution < 1.29 is 32.7 Å². The molecule has 7 atom stereocenters. The van der Waals surface area contributed by atoms with Gasteiger partial charge in [0.15, 0.2) is 0 Å². The van der Waals surface area contributed by atoms with Gasteiger partial charge in [0.1, 0.15) is 11.9 Å². The van der Waals surface area contributed by atoms with E-state index in [9.17, 15) is 9.46 Å². The predicted molar refractivity (Wildman–Crippen MR) is 110 cm³/mol. The Bertz CT molecular complexity index is 614. The lowest BCUT2D eigenvalue weighted by atomic mass is 9.97. The predicted octanol–water partition coefficient (Wildman–Crippen LogP) is 3.53. The molecule has 1 saturated carbocycles. The lowest BCUT2D eigenvalue weighted by Crippen LogP contribution is -2.52. The molecule has 2 fully saturated rings. The highest BCUT2D eigenvalue weighted by atomic mass is 31.2. The molecule has 0 aromatic carbocycles. The largest absolute Gasteiger partial charge is 0.527 e. The second-order valence-electron chi connectivity index (χ2n) is 9.08. The highest BCUT2D eigenvalue weighted by Gasteiger charge is 2.49. The van der Waals surface area contributed by atoms with Crippen LogP contribution in [0.1, 0.15) is 60.8 Å². The molecule has 2 rings (SSSR count). The van der Waals surface area contributed by atoms with Gasteiger partial charge in [-0.15, -0.1) is 0 Å². The van der Waals surface area contributed by atoms with Crippen LogP contribution in [0, 0.1) is 5.92 Å². The number of hydrogen-bond acceptors (Lipinski definition) is 7. The Kier molecular flexibility index (Phi) is 8.36. The monoisotopic (exact) mass is 435 g/mol. The van der Waals surface area contributed by atoms with E-state index in [1.807, 2.05) is 41.5 Å². The SMILES string of the molecule is C=C(OP(=O)(O)OC1C[C@H](C)C[C@]1(N)COC(C)C)[C@H]1O[C@@H](C)CC1OC(C)C. The maximum absolute atomic E-state index is 12.7. The molecule has 170 valence electrons. The molecule has 3 unspecified atom stereocenters. The molecule has 0 aromatic rings. The van der Waals surface area contributed by atoms with Crippen LogP contribution in [-0.2, 0) is 27.8 Å². The zero-order valence-electron chi connectivity index (χ0n) is 18.5. The Morgan fingerprint density at radius 2 is 1.93 bits per heavy atom. The van der Waals surface area contributed by atoms with E-state index in [1.165, 1.54) is 0 Å². The van der Waals surface area contributed by atoms with Gasteiger partial charge in [0.2, 0.25) is 0 Å². The first-order valence-electron chi connectivity index (χ1n) is 10.4. The smallest absolute Gasteiger partial charge is 0.406 e. The summed E-state index contributed by atoms with van der Waals surface area (Å²) in [7, 11) is -4.46. The van der Waals surface area contributed by atoms with Crippen LogP contribution in [0.15, 0.2) is 12.3 Å². The Labute approximate surface area is 174 Å². The van der Waals surface area contributed by atoms with Crippen LogP contribution >= 0.6 is 7.82 Å². The van der Waals surface area contributed by atoms with Gasteiger partial charge in [-0.3, -0.25) is 9.42 Å². The molecule has 0 aromatic heterocycles. The second-order valence-corrected chi connectivity index (χ2v) is 10.4. The highest BCUT2D eigenvalue weighted by Crippen LogP contribution is 2.52. The molecule has 0 radical (unpaired) electrons. The van der Waals surface area contributed by atoms with Crippen LogP contribution in [0.2, 0.25) is 0 Å². The molecule has 8 nitrogen and oxygen atoms in total. The van der Waals surface area contributed by atoms with E-state index in [2.05, 4.69) is 6.58 Å². The Balaban J connectivity index is 2.02. The zero-order valence-corrected chi connectivity index (χ0v) is 19.4. The molecule has 2 aliphatic rings. The molecule has 0 amide bonds. The third kappa shape index (κ3) is 7.03. The van der Waals surface area contributed by atoms with Crippen LogP contribution < -0.4 is 5.73 Å². The summed E-state index contributed by atoms with van der Waals surface area (Å²) in [5, 5.41) is 0. The van der Waals surface area contributed by atoms with E-state index in [4.69, 9.17) is 29.0 Å². The zero-order chi connectivity index (χ0) is 22.0. The average molecular weight is 435 g/mol. The van der Waals surface area contributed by atoms with Crippen molar-refractivity contribution in [2.24, 2.45) is 11.7 Å². The normalized spacial score (nSPS) is 37.2. The van der Waals surface area contributed by atoms with Crippen molar-refractivity contribution >= 4 is 7.82 Å². The molecule has 1 aliphatic heterocycles. The summed E-state index contributed by atoms with van der Waals surface area (Å²) in [6.07, 6.45) is 0.175. The minimum absolute atomic E-state index is 0.00309. The fourth-order valence-corrected chi connectivity index (χ4v) is 5.13. The van der Waals surface area contributed by atoms with Crippen molar-refractivity contribution in [3.8, 4) is 0 Å². The Morgan fingerprint density at radius 1 is 1.28 bits per heavy atom. The van der Waals surface area contributed by atoms with E-state index in [-0.39, 0.29) is 42.7 Å². The topological polar surface area (TPSA) is 109 Å². The first-order chi connectivity index (χ1) is 13.3. The van der Waals surface area contributed by atoms with Gasteiger partial charge in [-0.05, 0) is 53.4 Å². The van der Waals surface area contributed by atoms with Crippen molar-refractivity contribution in [2.45, 2.75) is 103 Å². The van der Waals surface area contributed by atoms with Gasteiger partial charge in [0.25, 0.3) is 0 Å². The molecule has 1 heterocycles. The lowest BCUT2D eigenvalue weighted by Gasteiger charge is -2.33. The van der Waals surface area contributed by atoms with Gasteiger partial charge in [-0.1, -0.05) is 13.5 Å². The summed E-state index contributed by atoms with van der Waals surface area (Å²) < 4.78 is 40.9. The van der Waals surface area contributed by atoms with E-state index in [0.29, 0.717) is 19.3 Å². The molecule has 3 N–H and O–H groups in total. The summed E-state index contributed by atoms with van der Waals surface area (Å²) in [6.45, 7) is 15.7.